The summed E-state index contributed by atoms with van der Waals surface area (Å²) in [7, 11) is 3.71. The quantitative estimate of drug-likeness (QED) is 0.901. The lowest BCUT2D eigenvalue weighted by atomic mass is 10.1. The zero-order valence-corrected chi connectivity index (χ0v) is 13.5. The van der Waals surface area contributed by atoms with E-state index in [1.54, 1.807) is 28.4 Å². The summed E-state index contributed by atoms with van der Waals surface area (Å²) in [5.74, 6) is 1.20. The van der Waals surface area contributed by atoms with Gasteiger partial charge in [0.2, 0.25) is 5.95 Å². The van der Waals surface area contributed by atoms with Gasteiger partial charge in [-0.2, -0.15) is 0 Å². The Labute approximate surface area is 134 Å². The van der Waals surface area contributed by atoms with Gasteiger partial charge in [-0.05, 0) is 6.92 Å². The lowest BCUT2D eigenvalue weighted by Crippen LogP contribution is -2.44. The lowest BCUT2D eigenvalue weighted by molar-refractivity contribution is -0.00505. The van der Waals surface area contributed by atoms with E-state index in [2.05, 4.69) is 19.9 Å². The van der Waals surface area contributed by atoms with Crippen LogP contribution in [0, 0.1) is 6.92 Å². The molecule has 8 nitrogen and oxygen atoms in total. The van der Waals surface area contributed by atoms with Crippen LogP contribution in [-0.4, -0.2) is 64.6 Å². The minimum Gasteiger partial charge on any atom is -0.377 e. The minimum absolute atomic E-state index is 0.113. The third kappa shape index (κ3) is 3.16. The maximum atomic E-state index is 12.8. The van der Waals surface area contributed by atoms with Gasteiger partial charge in [0.15, 0.2) is 0 Å². The predicted molar refractivity (Wildman–Crippen MR) is 84.3 cm³/mol. The highest BCUT2D eigenvalue weighted by molar-refractivity contribution is 5.94. The molecule has 1 saturated heterocycles. The van der Waals surface area contributed by atoms with E-state index in [0.29, 0.717) is 31.3 Å². The molecule has 1 unspecified atom stereocenters. The largest absolute Gasteiger partial charge is 0.377 e. The number of anilines is 1. The first-order valence-corrected chi connectivity index (χ1v) is 7.46. The highest BCUT2D eigenvalue weighted by atomic mass is 16.5. The van der Waals surface area contributed by atoms with Crippen LogP contribution in [-0.2, 0) is 4.74 Å². The van der Waals surface area contributed by atoms with Gasteiger partial charge in [-0.25, -0.2) is 15.0 Å². The van der Waals surface area contributed by atoms with Gasteiger partial charge in [-0.15, -0.1) is 0 Å². The molecule has 1 N–H and O–H groups in total. The van der Waals surface area contributed by atoms with Crippen LogP contribution in [0.25, 0.3) is 0 Å². The second-order valence-electron chi connectivity index (χ2n) is 5.71. The number of nitrogens with zero attached hydrogens (tertiary/aromatic N) is 5. The van der Waals surface area contributed by atoms with Gasteiger partial charge in [0.05, 0.1) is 18.8 Å². The van der Waals surface area contributed by atoms with E-state index in [1.807, 2.05) is 21.0 Å². The monoisotopic (exact) mass is 316 g/mol. The molecule has 0 aliphatic carbocycles. The maximum Gasteiger partial charge on any atom is 0.257 e. The fourth-order valence-corrected chi connectivity index (χ4v) is 2.50. The summed E-state index contributed by atoms with van der Waals surface area (Å²) in [5, 5.41) is 0. The summed E-state index contributed by atoms with van der Waals surface area (Å²) < 4.78 is 5.52. The molecule has 1 fully saturated rings. The van der Waals surface area contributed by atoms with Crippen LogP contribution in [0.2, 0.25) is 0 Å². The molecule has 2 aromatic rings. The molecule has 2 aromatic heterocycles. The van der Waals surface area contributed by atoms with E-state index >= 15 is 0 Å². The highest BCUT2D eigenvalue weighted by Gasteiger charge is 2.31. The van der Waals surface area contributed by atoms with Gasteiger partial charge in [0.25, 0.3) is 5.91 Å². The van der Waals surface area contributed by atoms with Crippen molar-refractivity contribution in [2.45, 2.75) is 13.0 Å². The van der Waals surface area contributed by atoms with Gasteiger partial charge < -0.3 is 19.5 Å². The SMILES string of the molecule is Cc1cnc(C2COCCN2C(=O)c2cnc(N(C)C)nc2)[nH]1. The van der Waals surface area contributed by atoms with E-state index in [0.717, 1.165) is 11.5 Å². The molecule has 1 amide bonds. The molecule has 0 aromatic carbocycles. The minimum atomic E-state index is -0.224. The second-order valence-corrected chi connectivity index (χ2v) is 5.71. The standard InChI is InChI=1S/C15H20N6O2/c1-10-6-16-13(19-10)12-9-23-5-4-21(12)14(22)11-7-17-15(18-8-11)20(2)3/h6-8,12H,4-5,9H2,1-3H3,(H,16,19). The Bertz CT molecular complexity index is 682. The smallest absolute Gasteiger partial charge is 0.257 e. The van der Waals surface area contributed by atoms with Crippen LogP contribution >= 0.6 is 0 Å². The van der Waals surface area contributed by atoms with E-state index in [9.17, 15) is 4.79 Å². The number of hydrogen-bond donors (Lipinski definition) is 1. The molecule has 23 heavy (non-hydrogen) atoms. The summed E-state index contributed by atoms with van der Waals surface area (Å²) in [6.45, 7) is 3.38. The van der Waals surface area contributed by atoms with E-state index < -0.39 is 0 Å². The number of amides is 1. The Hall–Kier alpha value is -2.48. The number of aromatic amines is 1. The summed E-state index contributed by atoms with van der Waals surface area (Å²) in [5.41, 5.74) is 1.42. The number of morpholine rings is 1. The van der Waals surface area contributed by atoms with Gasteiger partial charge in [0, 0.05) is 44.9 Å². The predicted octanol–water partition coefficient (Wildman–Crippen LogP) is 0.788. The molecule has 8 heteroatoms. The van der Waals surface area contributed by atoms with Crippen LogP contribution in [0.3, 0.4) is 0 Å². The number of ether oxygens (including phenoxy) is 1. The van der Waals surface area contributed by atoms with Crippen molar-refractivity contribution in [2.24, 2.45) is 0 Å². The number of hydrogen-bond acceptors (Lipinski definition) is 6. The number of carbonyl (C=O) groups excluding carboxylic acids is 1. The highest BCUT2D eigenvalue weighted by Crippen LogP contribution is 2.23. The molecule has 0 radical (unpaired) electrons. The second kappa shape index (κ2) is 6.33. The van der Waals surface area contributed by atoms with Crippen LogP contribution in [0.5, 0.6) is 0 Å². The summed E-state index contributed by atoms with van der Waals surface area (Å²) in [6.07, 6.45) is 4.87. The molecule has 3 rings (SSSR count). The molecule has 0 bridgehead atoms. The molecular formula is C15H20N6O2. The first-order chi connectivity index (χ1) is 11.1. The lowest BCUT2D eigenvalue weighted by Gasteiger charge is -2.34. The molecule has 1 aliphatic rings. The Morgan fingerprint density at radius 3 is 2.65 bits per heavy atom. The van der Waals surface area contributed by atoms with Crippen LogP contribution < -0.4 is 4.90 Å². The van der Waals surface area contributed by atoms with Crippen molar-refractivity contribution in [3.63, 3.8) is 0 Å². The normalized spacial score (nSPS) is 18.0. The van der Waals surface area contributed by atoms with E-state index in [-0.39, 0.29) is 11.9 Å². The molecule has 1 aliphatic heterocycles. The molecule has 1 atom stereocenters. The zero-order chi connectivity index (χ0) is 16.4. The van der Waals surface area contributed by atoms with Crippen LogP contribution in [0.1, 0.15) is 27.9 Å². The number of aryl methyl sites for hydroxylation is 1. The first-order valence-electron chi connectivity index (χ1n) is 7.46. The molecule has 0 saturated carbocycles. The van der Waals surface area contributed by atoms with Crippen molar-refractivity contribution in [3.05, 3.63) is 35.7 Å². The van der Waals surface area contributed by atoms with Crippen molar-refractivity contribution in [1.29, 1.82) is 0 Å². The molecule has 0 spiro atoms. The van der Waals surface area contributed by atoms with Crippen molar-refractivity contribution >= 4 is 11.9 Å². The Morgan fingerprint density at radius 1 is 1.30 bits per heavy atom. The Balaban J connectivity index is 1.83. The number of imidazole rings is 1. The van der Waals surface area contributed by atoms with Crippen molar-refractivity contribution in [3.8, 4) is 0 Å². The Kier molecular flexibility index (Phi) is 4.24. The van der Waals surface area contributed by atoms with Gasteiger partial charge in [0.1, 0.15) is 11.9 Å². The molecular weight excluding hydrogens is 296 g/mol. The number of aromatic nitrogens is 4. The summed E-state index contributed by atoms with van der Waals surface area (Å²) in [4.78, 5) is 32.3. The van der Waals surface area contributed by atoms with Crippen LogP contribution in [0.15, 0.2) is 18.6 Å². The topological polar surface area (TPSA) is 87.2 Å². The number of carbonyl (C=O) groups is 1. The average molecular weight is 316 g/mol. The number of nitrogens with one attached hydrogen (secondary N) is 1. The fraction of sp³-hybridized carbons (Fsp3) is 0.467. The van der Waals surface area contributed by atoms with E-state index in [4.69, 9.17) is 4.74 Å². The van der Waals surface area contributed by atoms with Crippen molar-refractivity contribution < 1.29 is 9.53 Å². The Morgan fingerprint density at radius 2 is 2.04 bits per heavy atom. The first kappa shape index (κ1) is 15.4. The molecule has 3 heterocycles. The van der Waals surface area contributed by atoms with Crippen LogP contribution in [0.4, 0.5) is 5.95 Å². The number of rotatable bonds is 3. The average Bonchev–Trinajstić information content (AvgIpc) is 3.00. The van der Waals surface area contributed by atoms with Crippen molar-refractivity contribution in [2.75, 3.05) is 38.8 Å². The van der Waals surface area contributed by atoms with Gasteiger partial charge in [-0.3, -0.25) is 4.79 Å². The zero-order valence-electron chi connectivity index (χ0n) is 13.5. The third-order valence-corrected chi connectivity index (χ3v) is 3.71. The fourth-order valence-electron chi connectivity index (χ4n) is 2.50. The van der Waals surface area contributed by atoms with E-state index in [1.165, 1.54) is 0 Å². The third-order valence-electron chi connectivity index (χ3n) is 3.71. The summed E-state index contributed by atoms with van der Waals surface area (Å²) >= 11 is 0. The molecule has 122 valence electrons. The van der Waals surface area contributed by atoms with Gasteiger partial charge >= 0.3 is 0 Å². The van der Waals surface area contributed by atoms with Gasteiger partial charge in [-0.1, -0.05) is 0 Å². The number of H-pyrrole nitrogens is 1. The summed E-state index contributed by atoms with van der Waals surface area (Å²) in [6, 6.07) is -0.224. The van der Waals surface area contributed by atoms with Crippen molar-refractivity contribution in [1.82, 2.24) is 24.8 Å². The maximum absolute atomic E-state index is 12.8.